The van der Waals surface area contributed by atoms with Crippen LogP contribution in [-0.4, -0.2) is 42.1 Å². The average molecular weight is 478 g/mol. The molecule has 0 bridgehead atoms. The van der Waals surface area contributed by atoms with Gasteiger partial charge in [-0.3, -0.25) is 4.72 Å². The zero-order valence-electron chi connectivity index (χ0n) is 15.1. The number of methoxy groups -OCH3 is 1. The molecule has 0 aliphatic carbocycles. The molecule has 0 aliphatic heterocycles. The smallest absolute Gasteiger partial charge is 0.261 e. The van der Waals surface area contributed by atoms with Gasteiger partial charge in [-0.2, -0.15) is 0 Å². The van der Waals surface area contributed by atoms with Gasteiger partial charge >= 0.3 is 0 Å². The molecule has 0 saturated heterocycles. The summed E-state index contributed by atoms with van der Waals surface area (Å²) in [7, 11) is -6.29. The SMILES string of the molecule is COCCNS(=O)(=O)c1ccc(S(=O)(=O)Nc2ccc(Cl)c3c(Cl)c[nH]c23)cc1. The molecule has 156 valence electrons. The van der Waals surface area contributed by atoms with Crippen molar-refractivity contribution in [3.8, 4) is 0 Å². The standard InChI is InChI=1S/C17H17Cl2N3O5S2/c1-27-9-8-21-28(23,24)11-2-4-12(5-3-11)29(25,26)22-15-7-6-13(18)16-14(19)10-20-17(15)16/h2-7,10,20-22H,8-9H2,1H3. The summed E-state index contributed by atoms with van der Waals surface area (Å²) < 4.78 is 59.4. The molecule has 0 amide bonds. The number of hydrogen-bond donors (Lipinski definition) is 3. The van der Waals surface area contributed by atoms with Crippen LogP contribution < -0.4 is 9.44 Å². The normalized spacial score (nSPS) is 12.4. The lowest BCUT2D eigenvalue weighted by Gasteiger charge is -2.11. The Balaban J connectivity index is 1.87. The number of H-pyrrole nitrogens is 1. The third-order valence-electron chi connectivity index (χ3n) is 4.02. The van der Waals surface area contributed by atoms with E-state index < -0.39 is 20.0 Å². The molecular weight excluding hydrogens is 461 g/mol. The second-order valence-electron chi connectivity index (χ2n) is 5.95. The molecule has 12 heteroatoms. The van der Waals surface area contributed by atoms with E-state index in [-0.39, 0.29) is 28.6 Å². The summed E-state index contributed by atoms with van der Waals surface area (Å²) >= 11 is 12.2. The summed E-state index contributed by atoms with van der Waals surface area (Å²) in [5.74, 6) is 0. The van der Waals surface area contributed by atoms with Crippen LogP contribution in [0.4, 0.5) is 5.69 Å². The number of halogens is 2. The van der Waals surface area contributed by atoms with E-state index in [2.05, 4.69) is 14.4 Å². The number of sulfonamides is 2. The van der Waals surface area contributed by atoms with Crippen molar-refractivity contribution in [3.05, 3.63) is 52.6 Å². The summed E-state index contributed by atoms with van der Waals surface area (Å²) in [6.07, 6.45) is 1.51. The quantitative estimate of drug-likeness (QED) is 0.430. The van der Waals surface area contributed by atoms with Crippen molar-refractivity contribution in [3.63, 3.8) is 0 Å². The fourth-order valence-electron chi connectivity index (χ4n) is 2.62. The van der Waals surface area contributed by atoms with Crippen LogP contribution in [0.15, 0.2) is 52.4 Å². The Morgan fingerprint density at radius 2 is 1.55 bits per heavy atom. The second kappa shape index (κ2) is 8.50. The van der Waals surface area contributed by atoms with Crippen molar-refractivity contribution in [1.82, 2.24) is 9.71 Å². The number of aromatic nitrogens is 1. The van der Waals surface area contributed by atoms with Crippen LogP contribution in [-0.2, 0) is 24.8 Å². The summed E-state index contributed by atoms with van der Waals surface area (Å²) in [4.78, 5) is 2.72. The van der Waals surface area contributed by atoms with Gasteiger partial charge in [-0.25, -0.2) is 21.6 Å². The molecule has 29 heavy (non-hydrogen) atoms. The maximum Gasteiger partial charge on any atom is 0.261 e. The summed E-state index contributed by atoms with van der Waals surface area (Å²) in [6, 6.07) is 7.89. The summed E-state index contributed by atoms with van der Waals surface area (Å²) in [5, 5.41) is 1.24. The summed E-state index contributed by atoms with van der Waals surface area (Å²) in [6.45, 7) is 0.319. The molecule has 1 heterocycles. The topological polar surface area (TPSA) is 117 Å². The number of benzene rings is 2. The van der Waals surface area contributed by atoms with Gasteiger partial charge in [0.05, 0.1) is 37.6 Å². The molecule has 3 rings (SSSR count). The molecule has 0 saturated carbocycles. The number of nitrogens with one attached hydrogen (secondary N) is 3. The van der Waals surface area contributed by atoms with Gasteiger partial charge in [0.2, 0.25) is 10.0 Å². The van der Waals surface area contributed by atoms with Crippen molar-refractivity contribution in [2.75, 3.05) is 25.0 Å². The van der Waals surface area contributed by atoms with E-state index >= 15 is 0 Å². The lowest BCUT2D eigenvalue weighted by molar-refractivity contribution is 0.204. The molecule has 3 aromatic rings. The Morgan fingerprint density at radius 3 is 2.17 bits per heavy atom. The number of rotatable bonds is 8. The lowest BCUT2D eigenvalue weighted by Crippen LogP contribution is -2.27. The van der Waals surface area contributed by atoms with Crippen LogP contribution >= 0.6 is 23.2 Å². The summed E-state index contributed by atoms with van der Waals surface area (Å²) in [5.41, 5.74) is 0.696. The zero-order chi connectivity index (χ0) is 21.2. The van der Waals surface area contributed by atoms with Gasteiger partial charge in [0, 0.05) is 25.2 Å². The largest absolute Gasteiger partial charge is 0.383 e. The van der Waals surface area contributed by atoms with Crippen molar-refractivity contribution in [2.24, 2.45) is 0 Å². The average Bonchev–Trinajstić information content (AvgIpc) is 3.07. The van der Waals surface area contributed by atoms with Crippen LogP contribution in [0, 0.1) is 0 Å². The molecule has 0 unspecified atom stereocenters. The fourth-order valence-corrected chi connectivity index (χ4v) is 5.26. The van der Waals surface area contributed by atoms with Gasteiger partial charge in [-0.15, -0.1) is 0 Å². The monoisotopic (exact) mass is 477 g/mol. The van der Waals surface area contributed by atoms with Gasteiger partial charge in [0.25, 0.3) is 10.0 Å². The maximum atomic E-state index is 12.7. The number of hydrogen-bond acceptors (Lipinski definition) is 5. The maximum absolute atomic E-state index is 12.7. The van der Waals surface area contributed by atoms with E-state index in [1.807, 2.05) is 0 Å². The Kier molecular flexibility index (Phi) is 6.42. The van der Waals surface area contributed by atoms with E-state index in [1.54, 1.807) is 0 Å². The molecule has 0 fully saturated rings. The highest BCUT2D eigenvalue weighted by molar-refractivity contribution is 7.92. The molecule has 3 N–H and O–H groups in total. The minimum absolute atomic E-state index is 0.0578. The molecule has 8 nitrogen and oxygen atoms in total. The number of anilines is 1. The first-order valence-corrected chi connectivity index (χ1v) is 11.9. The molecular formula is C17H17Cl2N3O5S2. The predicted octanol–water partition coefficient (Wildman–Crippen LogP) is 3.20. The van der Waals surface area contributed by atoms with Crippen molar-refractivity contribution in [1.29, 1.82) is 0 Å². The Bertz CT molecular complexity index is 1240. The first kappa shape index (κ1) is 21.9. The first-order valence-electron chi connectivity index (χ1n) is 8.22. The van der Waals surface area contributed by atoms with Crippen molar-refractivity contribution < 1.29 is 21.6 Å². The molecule has 0 aliphatic rings. The Labute approximate surface area is 178 Å². The lowest BCUT2D eigenvalue weighted by atomic mass is 10.2. The van der Waals surface area contributed by atoms with E-state index in [0.29, 0.717) is 20.9 Å². The van der Waals surface area contributed by atoms with E-state index in [9.17, 15) is 16.8 Å². The van der Waals surface area contributed by atoms with E-state index in [4.69, 9.17) is 27.9 Å². The first-order chi connectivity index (χ1) is 13.7. The van der Waals surface area contributed by atoms with Crippen LogP contribution in [0.3, 0.4) is 0 Å². The van der Waals surface area contributed by atoms with Crippen molar-refractivity contribution in [2.45, 2.75) is 9.79 Å². The van der Waals surface area contributed by atoms with Crippen LogP contribution in [0.25, 0.3) is 10.9 Å². The van der Waals surface area contributed by atoms with Crippen molar-refractivity contribution >= 4 is 59.8 Å². The highest BCUT2D eigenvalue weighted by Crippen LogP contribution is 2.35. The minimum Gasteiger partial charge on any atom is -0.383 e. The molecule has 0 spiro atoms. The van der Waals surface area contributed by atoms with E-state index in [1.165, 1.54) is 49.7 Å². The fraction of sp³-hybridized carbons (Fsp3) is 0.176. The zero-order valence-corrected chi connectivity index (χ0v) is 18.2. The number of aromatic amines is 1. The van der Waals surface area contributed by atoms with Gasteiger partial charge in [0.1, 0.15) is 0 Å². The van der Waals surface area contributed by atoms with Gasteiger partial charge < -0.3 is 9.72 Å². The third-order valence-corrected chi connectivity index (χ3v) is 7.49. The third kappa shape index (κ3) is 4.68. The molecule has 1 aromatic heterocycles. The number of ether oxygens (including phenoxy) is 1. The van der Waals surface area contributed by atoms with Gasteiger partial charge in [-0.05, 0) is 36.4 Å². The highest BCUT2D eigenvalue weighted by Gasteiger charge is 2.20. The number of fused-ring (bicyclic) bond motifs is 1. The minimum atomic E-state index is -3.98. The molecule has 0 radical (unpaired) electrons. The Hall–Kier alpha value is -1.82. The van der Waals surface area contributed by atoms with E-state index in [0.717, 1.165) is 0 Å². The second-order valence-corrected chi connectivity index (χ2v) is 10.2. The van der Waals surface area contributed by atoms with Gasteiger partial charge in [-0.1, -0.05) is 23.2 Å². The molecule has 2 aromatic carbocycles. The Morgan fingerprint density at radius 1 is 0.931 bits per heavy atom. The van der Waals surface area contributed by atoms with Crippen LogP contribution in [0.5, 0.6) is 0 Å². The molecule has 0 atom stereocenters. The van der Waals surface area contributed by atoms with Crippen LogP contribution in [0.2, 0.25) is 10.0 Å². The van der Waals surface area contributed by atoms with Gasteiger partial charge in [0.15, 0.2) is 0 Å². The predicted molar refractivity (Wildman–Crippen MR) is 113 cm³/mol. The highest BCUT2D eigenvalue weighted by atomic mass is 35.5. The van der Waals surface area contributed by atoms with Crippen LogP contribution in [0.1, 0.15) is 0 Å².